The molecule has 0 fully saturated rings. The van der Waals surface area contributed by atoms with E-state index in [1.165, 1.54) is 12.1 Å². The van der Waals surface area contributed by atoms with Gasteiger partial charge in [-0.1, -0.05) is 0 Å². The summed E-state index contributed by atoms with van der Waals surface area (Å²) in [7, 11) is 0. The highest BCUT2D eigenvalue weighted by molar-refractivity contribution is 9.10. The van der Waals surface area contributed by atoms with Crippen molar-refractivity contribution in [2.45, 2.75) is 12.3 Å². The van der Waals surface area contributed by atoms with Crippen LogP contribution in [0.1, 0.15) is 18.2 Å². The number of hydrogen-bond donors (Lipinski definition) is 0. The first-order valence-electron chi connectivity index (χ1n) is 4.51. The summed E-state index contributed by atoms with van der Waals surface area (Å²) in [5.41, 5.74) is 0.510. The second kappa shape index (κ2) is 4.51. The molecule has 1 aromatic carbocycles. The molecule has 84 valence electrons. The molecule has 1 aromatic heterocycles. The minimum atomic E-state index is -0.367. The smallest absolute Gasteiger partial charge is 0.249 e. The van der Waals surface area contributed by atoms with Gasteiger partial charge in [-0.05, 0) is 41.1 Å². The molecule has 2 rings (SSSR count). The van der Waals surface area contributed by atoms with Gasteiger partial charge in [-0.25, -0.2) is 4.39 Å². The van der Waals surface area contributed by atoms with Gasteiger partial charge in [-0.2, -0.15) is 0 Å². The predicted octanol–water partition coefficient (Wildman–Crippen LogP) is 3.94. The van der Waals surface area contributed by atoms with Crippen molar-refractivity contribution in [1.29, 1.82) is 0 Å². The molecule has 1 unspecified atom stereocenters. The number of alkyl halides is 1. The van der Waals surface area contributed by atoms with Gasteiger partial charge in [-0.3, -0.25) is 0 Å². The van der Waals surface area contributed by atoms with Crippen molar-refractivity contribution in [1.82, 2.24) is 10.2 Å². The third-order valence-electron chi connectivity index (χ3n) is 1.94. The van der Waals surface area contributed by atoms with E-state index < -0.39 is 0 Å². The quantitative estimate of drug-likeness (QED) is 0.789. The van der Waals surface area contributed by atoms with E-state index in [9.17, 15) is 4.39 Å². The van der Waals surface area contributed by atoms with Crippen LogP contribution >= 0.6 is 27.5 Å². The standard InChI is InChI=1S/C10H7BrClFN2O/c1-5(12)9-14-15-10(16-9)7-4-6(13)2-3-8(7)11/h2-5H,1H3. The molecular formula is C10H7BrClFN2O. The molecule has 0 saturated carbocycles. The SMILES string of the molecule is CC(Cl)c1nnc(-c2cc(F)ccc2Br)o1. The van der Waals surface area contributed by atoms with Gasteiger partial charge in [0.15, 0.2) is 0 Å². The van der Waals surface area contributed by atoms with E-state index in [4.69, 9.17) is 16.0 Å². The summed E-state index contributed by atoms with van der Waals surface area (Å²) < 4.78 is 19.1. The Hall–Kier alpha value is -0.940. The third kappa shape index (κ3) is 2.25. The lowest BCUT2D eigenvalue weighted by Gasteiger charge is -1.99. The van der Waals surface area contributed by atoms with E-state index >= 15 is 0 Å². The van der Waals surface area contributed by atoms with Gasteiger partial charge in [0.1, 0.15) is 11.2 Å². The predicted molar refractivity (Wildman–Crippen MR) is 61.7 cm³/mol. The molecule has 0 bridgehead atoms. The van der Waals surface area contributed by atoms with Crippen LogP contribution in [0.4, 0.5) is 4.39 Å². The molecule has 0 saturated heterocycles. The molecule has 16 heavy (non-hydrogen) atoms. The summed E-state index contributed by atoms with van der Waals surface area (Å²) in [5, 5.41) is 7.22. The largest absolute Gasteiger partial charge is 0.419 e. The maximum absolute atomic E-state index is 13.1. The summed E-state index contributed by atoms with van der Waals surface area (Å²) >= 11 is 9.08. The summed E-state index contributed by atoms with van der Waals surface area (Å²) in [6, 6.07) is 4.24. The van der Waals surface area contributed by atoms with E-state index in [0.717, 1.165) is 0 Å². The van der Waals surface area contributed by atoms with Crippen LogP contribution in [-0.2, 0) is 0 Å². The van der Waals surface area contributed by atoms with Crippen molar-refractivity contribution < 1.29 is 8.81 Å². The first kappa shape index (κ1) is 11.5. The Bertz CT molecular complexity index is 515. The molecule has 0 aliphatic rings. The highest BCUT2D eigenvalue weighted by Gasteiger charge is 2.15. The van der Waals surface area contributed by atoms with Crippen LogP contribution < -0.4 is 0 Å². The average Bonchev–Trinajstić information content (AvgIpc) is 2.70. The molecule has 0 N–H and O–H groups in total. The number of hydrogen-bond acceptors (Lipinski definition) is 3. The normalized spacial score (nSPS) is 12.8. The Labute approximate surface area is 105 Å². The summed E-state index contributed by atoms with van der Waals surface area (Å²) in [6.45, 7) is 1.72. The number of rotatable bonds is 2. The van der Waals surface area contributed by atoms with Crippen LogP contribution in [0.2, 0.25) is 0 Å². The lowest BCUT2D eigenvalue weighted by molar-refractivity contribution is 0.506. The van der Waals surface area contributed by atoms with Crippen LogP contribution in [-0.4, -0.2) is 10.2 Å². The molecular weight excluding hydrogens is 298 g/mol. The Morgan fingerprint density at radius 1 is 1.44 bits per heavy atom. The Morgan fingerprint density at radius 2 is 2.19 bits per heavy atom. The molecule has 1 atom stereocenters. The van der Waals surface area contributed by atoms with Gasteiger partial charge in [0.25, 0.3) is 0 Å². The molecule has 6 heteroatoms. The summed E-state index contributed by atoms with van der Waals surface area (Å²) in [4.78, 5) is 0. The van der Waals surface area contributed by atoms with Gasteiger partial charge in [0.2, 0.25) is 11.8 Å². The van der Waals surface area contributed by atoms with Gasteiger partial charge in [-0.15, -0.1) is 21.8 Å². The highest BCUT2D eigenvalue weighted by atomic mass is 79.9. The topological polar surface area (TPSA) is 38.9 Å². The molecule has 3 nitrogen and oxygen atoms in total. The van der Waals surface area contributed by atoms with Crippen LogP contribution in [0.3, 0.4) is 0 Å². The number of aromatic nitrogens is 2. The van der Waals surface area contributed by atoms with Crippen molar-refractivity contribution in [3.63, 3.8) is 0 Å². The number of halogens is 3. The lowest BCUT2D eigenvalue weighted by atomic mass is 10.2. The van der Waals surface area contributed by atoms with E-state index in [-0.39, 0.29) is 17.1 Å². The zero-order chi connectivity index (χ0) is 11.7. The third-order valence-corrected chi connectivity index (χ3v) is 2.82. The molecule has 2 aromatic rings. The summed E-state index contributed by atoms with van der Waals surface area (Å²) in [5.74, 6) is 0.193. The van der Waals surface area contributed by atoms with Crippen LogP contribution in [0, 0.1) is 5.82 Å². The van der Waals surface area contributed by atoms with Crippen molar-refractivity contribution in [2.75, 3.05) is 0 Å². The van der Waals surface area contributed by atoms with Crippen LogP contribution in [0.25, 0.3) is 11.5 Å². The van der Waals surface area contributed by atoms with Crippen LogP contribution in [0.5, 0.6) is 0 Å². The van der Waals surface area contributed by atoms with Gasteiger partial charge in [0.05, 0.1) is 5.56 Å². The highest BCUT2D eigenvalue weighted by Crippen LogP contribution is 2.29. The molecule has 0 spiro atoms. The number of nitrogens with zero attached hydrogens (tertiary/aromatic N) is 2. The fraction of sp³-hybridized carbons (Fsp3) is 0.200. The van der Waals surface area contributed by atoms with Crippen molar-refractivity contribution in [3.8, 4) is 11.5 Å². The Balaban J connectivity index is 2.46. The Morgan fingerprint density at radius 3 is 2.81 bits per heavy atom. The van der Waals surface area contributed by atoms with E-state index in [2.05, 4.69) is 26.1 Å². The summed E-state index contributed by atoms with van der Waals surface area (Å²) in [6.07, 6.45) is 0. The van der Waals surface area contributed by atoms with E-state index in [1.807, 2.05) is 0 Å². The van der Waals surface area contributed by atoms with Crippen LogP contribution in [0.15, 0.2) is 27.1 Å². The molecule has 1 heterocycles. The molecule has 0 amide bonds. The van der Waals surface area contributed by atoms with E-state index in [1.54, 1.807) is 13.0 Å². The molecule has 0 aliphatic heterocycles. The monoisotopic (exact) mass is 304 g/mol. The van der Waals surface area contributed by atoms with Crippen molar-refractivity contribution in [3.05, 3.63) is 34.4 Å². The first-order chi connectivity index (χ1) is 7.58. The zero-order valence-electron chi connectivity index (χ0n) is 8.25. The minimum Gasteiger partial charge on any atom is -0.419 e. The average molecular weight is 306 g/mol. The van der Waals surface area contributed by atoms with Crippen molar-refractivity contribution in [2.24, 2.45) is 0 Å². The fourth-order valence-electron chi connectivity index (χ4n) is 1.17. The van der Waals surface area contributed by atoms with E-state index in [0.29, 0.717) is 15.9 Å². The maximum atomic E-state index is 13.1. The van der Waals surface area contributed by atoms with Gasteiger partial charge >= 0.3 is 0 Å². The minimum absolute atomic E-state index is 0.244. The lowest BCUT2D eigenvalue weighted by Crippen LogP contribution is -1.82. The van der Waals surface area contributed by atoms with Gasteiger partial charge < -0.3 is 4.42 Å². The maximum Gasteiger partial charge on any atom is 0.249 e. The zero-order valence-corrected chi connectivity index (χ0v) is 10.6. The number of benzene rings is 1. The van der Waals surface area contributed by atoms with Gasteiger partial charge in [0, 0.05) is 4.47 Å². The molecule has 0 radical (unpaired) electrons. The Kier molecular flexibility index (Phi) is 3.25. The fourth-order valence-corrected chi connectivity index (χ4v) is 1.67. The first-order valence-corrected chi connectivity index (χ1v) is 5.74. The second-order valence-electron chi connectivity index (χ2n) is 3.19. The second-order valence-corrected chi connectivity index (χ2v) is 4.69. The molecule has 0 aliphatic carbocycles. The van der Waals surface area contributed by atoms with Crippen molar-refractivity contribution >= 4 is 27.5 Å².